The summed E-state index contributed by atoms with van der Waals surface area (Å²) in [5, 5.41) is 2.44. The fraction of sp³-hybridized carbons (Fsp3) is 0.150. The van der Waals surface area contributed by atoms with E-state index in [4.69, 9.17) is 0 Å². The number of hydrogen-bond acceptors (Lipinski definition) is 4. The minimum Gasteiger partial charge on any atom is -0.359 e. The molecule has 0 aliphatic carbocycles. The Kier molecular flexibility index (Phi) is 5.71. The molecule has 3 rings (SSSR count). The van der Waals surface area contributed by atoms with Crippen LogP contribution in [0.4, 0.5) is 20.3 Å². The Balaban J connectivity index is 1.67. The average molecular weight is 368 g/mol. The second-order valence-electron chi connectivity index (χ2n) is 6.01. The molecule has 0 bridgehead atoms. The highest BCUT2D eigenvalue weighted by molar-refractivity contribution is 6.04. The Morgan fingerprint density at radius 2 is 1.85 bits per heavy atom. The van der Waals surface area contributed by atoms with Gasteiger partial charge in [0.05, 0.1) is 5.69 Å². The molecule has 0 saturated carbocycles. The zero-order valence-electron chi connectivity index (χ0n) is 14.7. The third kappa shape index (κ3) is 4.84. The van der Waals surface area contributed by atoms with Crippen LogP contribution in [0.25, 0.3) is 0 Å². The van der Waals surface area contributed by atoms with Gasteiger partial charge in [0, 0.05) is 43.8 Å². The van der Waals surface area contributed by atoms with Crippen LogP contribution in [0.5, 0.6) is 0 Å². The molecule has 0 radical (unpaired) electrons. The first-order valence-electron chi connectivity index (χ1n) is 8.35. The van der Waals surface area contributed by atoms with Crippen LogP contribution in [0, 0.1) is 11.6 Å². The molecule has 0 atom stereocenters. The molecule has 0 spiro atoms. The van der Waals surface area contributed by atoms with E-state index < -0.39 is 17.5 Å². The molecule has 1 N–H and O–H groups in total. The van der Waals surface area contributed by atoms with Gasteiger partial charge in [-0.1, -0.05) is 0 Å². The van der Waals surface area contributed by atoms with Crippen molar-refractivity contribution in [2.45, 2.75) is 6.42 Å². The minimum atomic E-state index is -0.827. The van der Waals surface area contributed by atoms with E-state index in [2.05, 4.69) is 15.3 Å². The lowest BCUT2D eigenvalue weighted by molar-refractivity contribution is 0.102. The van der Waals surface area contributed by atoms with Crippen molar-refractivity contribution >= 4 is 17.4 Å². The number of rotatable bonds is 6. The number of hydrogen-bond donors (Lipinski definition) is 1. The highest BCUT2D eigenvalue weighted by Gasteiger charge is 2.12. The predicted octanol–water partition coefficient (Wildman–Crippen LogP) is 3.69. The minimum absolute atomic E-state index is 0.0780. The van der Waals surface area contributed by atoms with Gasteiger partial charge in [0.15, 0.2) is 0 Å². The molecule has 1 amide bonds. The van der Waals surface area contributed by atoms with Crippen molar-refractivity contribution in [1.82, 2.24) is 9.97 Å². The van der Waals surface area contributed by atoms with Crippen molar-refractivity contribution in [1.29, 1.82) is 0 Å². The molecule has 5 nitrogen and oxygen atoms in total. The molecule has 0 aliphatic rings. The Hall–Kier alpha value is -3.35. The molecule has 0 fully saturated rings. The van der Waals surface area contributed by atoms with Gasteiger partial charge in [-0.05, 0) is 48.4 Å². The summed E-state index contributed by atoms with van der Waals surface area (Å²) < 4.78 is 26.7. The van der Waals surface area contributed by atoms with Crippen LogP contribution in [-0.2, 0) is 6.42 Å². The molecule has 3 aromatic rings. The van der Waals surface area contributed by atoms with E-state index >= 15 is 0 Å². The van der Waals surface area contributed by atoms with E-state index in [0.29, 0.717) is 17.9 Å². The summed E-state index contributed by atoms with van der Waals surface area (Å²) in [7, 11) is 1.88. The molecule has 7 heteroatoms. The molecule has 2 heterocycles. The van der Waals surface area contributed by atoms with Crippen LogP contribution in [0.2, 0.25) is 0 Å². The van der Waals surface area contributed by atoms with Gasteiger partial charge >= 0.3 is 0 Å². The molecule has 1 aromatic carbocycles. The third-order valence-corrected chi connectivity index (χ3v) is 4.06. The number of nitrogens with zero attached hydrogens (tertiary/aromatic N) is 3. The number of carbonyl (C=O) groups excluding carboxylic acids is 1. The molecule has 138 valence electrons. The maximum Gasteiger partial charge on any atom is 0.255 e. The third-order valence-electron chi connectivity index (χ3n) is 4.06. The smallest absolute Gasteiger partial charge is 0.255 e. The zero-order chi connectivity index (χ0) is 19.2. The largest absolute Gasteiger partial charge is 0.359 e. The number of carbonyl (C=O) groups is 1. The molecular formula is C20H18F2N4O. The summed E-state index contributed by atoms with van der Waals surface area (Å²) in [6.45, 7) is 0.703. The van der Waals surface area contributed by atoms with Gasteiger partial charge in [-0.2, -0.15) is 0 Å². The SMILES string of the molecule is CN(CCc1ccncc1)c1cc(C(=O)Nc2ccc(F)cc2F)ccn1. The lowest BCUT2D eigenvalue weighted by atomic mass is 10.2. The second-order valence-corrected chi connectivity index (χ2v) is 6.01. The number of aromatic nitrogens is 2. The fourth-order valence-electron chi connectivity index (χ4n) is 2.51. The first kappa shape index (κ1) is 18.4. The van der Waals surface area contributed by atoms with Crippen LogP contribution in [0.1, 0.15) is 15.9 Å². The molecule has 0 unspecified atom stereocenters. The second kappa shape index (κ2) is 8.35. The summed E-state index contributed by atoms with van der Waals surface area (Å²) in [5.74, 6) is -1.40. The van der Waals surface area contributed by atoms with E-state index in [1.807, 2.05) is 24.1 Å². The lowest BCUT2D eigenvalue weighted by Crippen LogP contribution is -2.22. The van der Waals surface area contributed by atoms with Gasteiger partial charge < -0.3 is 10.2 Å². The van der Waals surface area contributed by atoms with Gasteiger partial charge in [-0.3, -0.25) is 9.78 Å². The number of likely N-dealkylation sites (N-methyl/N-ethyl adjacent to an activating group) is 1. The number of amides is 1. The number of nitrogens with one attached hydrogen (secondary N) is 1. The van der Waals surface area contributed by atoms with Crippen LogP contribution in [-0.4, -0.2) is 29.5 Å². The first-order chi connectivity index (χ1) is 13.0. The molecule has 0 saturated heterocycles. The van der Waals surface area contributed by atoms with Crippen molar-refractivity contribution in [2.24, 2.45) is 0 Å². The molecule has 2 aromatic heterocycles. The van der Waals surface area contributed by atoms with Crippen molar-refractivity contribution < 1.29 is 13.6 Å². The maximum absolute atomic E-state index is 13.7. The number of pyridine rings is 2. The van der Waals surface area contributed by atoms with Gasteiger partial charge in [-0.25, -0.2) is 13.8 Å². The summed E-state index contributed by atoms with van der Waals surface area (Å²) in [6, 6.07) is 10.1. The van der Waals surface area contributed by atoms with Crippen molar-refractivity contribution in [2.75, 3.05) is 23.8 Å². The van der Waals surface area contributed by atoms with Crippen molar-refractivity contribution in [3.8, 4) is 0 Å². The predicted molar refractivity (Wildman–Crippen MR) is 99.8 cm³/mol. The van der Waals surface area contributed by atoms with E-state index in [0.717, 1.165) is 24.1 Å². The standard InChI is InChI=1S/C20H18F2N4O/c1-26(11-7-14-4-8-23-9-5-14)19-12-15(6-10-24-19)20(27)25-18-3-2-16(21)13-17(18)22/h2-6,8-10,12-13H,7,11H2,1H3,(H,25,27). The summed E-state index contributed by atoms with van der Waals surface area (Å²) in [4.78, 5) is 22.6. The van der Waals surface area contributed by atoms with Crippen LogP contribution >= 0.6 is 0 Å². The summed E-state index contributed by atoms with van der Waals surface area (Å²) in [5.41, 5.74) is 1.41. The molecule has 0 aliphatic heterocycles. The highest BCUT2D eigenvalue weighted by atomic mass is 19.1. The Morgan fingerprint density at radius 3 is 2.59 bits per heavy atom. The Bertz CT molecular complexity index is 934. The zero-order valence-corrected chi connectivity index (χ0v) is 14.7. The number of anilines is 2. The lowest BCUT2D eigenvalue weighted by Gasteiger charge is -2.18. The average Bonchev–Trinajstić information content (AvgIpc) is 2.69. The van der Waals surface area contributed by atoms with Crippen LogP contribution in [0.15, 0.2) is 61.1 Å². The van der Waals surface area contributed by atoms with E-state index in [1.54, 1.807) is 18.5 Å². The fourth-order valence-corrected chi connectivity index (χ4v) is 2.51. The Labute approximate surface area is 155 Å². The maximum atomic E-state index is 13.7. The number of halogens is 2. The molecular weight excluding hydrogens is 350 g/mol. The van der Waals surface area contributed by atoms with Crippen molar-refractivity contribution in [3.05, 3.63) is 83.8 Å². The summed E-state index contributed by atoms with van der Waals surface area (Å²) >= 11 is 0. The monoisotopic (exact) mass is 368 g/mol. The van der Waals surface area contributed by atoms with Crippen LogP contribution < -0.4 is 10.2 Å². The Morgan fingerprint density at radius 1 is 1.07 bits per heavy atom. The molecule has 27 heavy (non-hydrogen) atoms. The van der Waals surface area contributed by atoms with Gasteiger partial charge in [-0.15, -0.1) is 0 Å². The van der Waals surface area contributed by atoms with Crippen LogP contribution in [0.3, 0.4) is 0 Å². The van der Waals surface area contributed by atoms with Gasteiger partial charge in [0.2, 0.25) is 0 Å². The first-order valence-corrected chi connectivity index (χ1v) is 8.35. The number of benzene rings is 1. The summed E-state index contributed by atoms with van der Waals surface area (Å²) in [6.07, 6.45) is 5.81. The van der Waals surface area contributed by atoms with Gasteiger partial charge in [0.25, 0.3) is 5.91 Å². The van der Waals surface area contributed by atoms with E-state index in [-0.39, 0.29) is 5.69 Å². The van der Waals surface area contributed by atoms with E-state index in [1.165, 1.54) is 18.3 Å². The van der Waals surface area contributed by atoms with Crippen molar-refractivity contribution in [3.63, 3.8) is 0 Å². The topological polar surface area (TPSA) is 58.1 Å². The van der Waals surface area contributed by atoms with Gasteiger partial charge in [0.1, 0.15) is 17.5 Å². The highest BCUT2D eigenvalue weighted by Crippen LogP contribution is 2.18. The normalized spacial score (nSPS) is 10.5. The quantitative estimate of drug-likeness (QED) is 0.721. The van der Waals surface area contributed by atoms with E-state index in [9.17, 15) is 13.6 Å².